The molecule has 0 aliphatic heterocycles. The molecule has 90 valence electrons. The summed E-state index contributed by atoms with van der Waals surface area (Å²) in [5.74, 6) is 0.716. The van der Waals surface area contributed by atoms with Crippen LogP contribution in [0.15, 0.2) is 18.3 Å². The van der Waals surface area contributed by atoms with Gasteiger partial charge in [-0.05, 0) is 18.6 Å². The molecular weight excluding hydrogens is 223 g/mol. The van der Waals surface area contributed by atoms with Gasteiger partial charge in [0.15, 0.2) is 5.54 Å². The highest BCUT2D eigenvalue weighted by atomic mass is 19.1. The maximum absolute atomic E-state index is 12.8. The van der Waals surface area contributed by atoms with Crippen LogP contribution in [0.1, 0.15) is 19.0 Å². The van der Waals surface area contributed by atoms with E-state index in [9.17, 15) is 14.3 Å². The van der Waals surface area contributed by atoms with Crippen molar-refractivity contribution in [2.75, 3.05) is 6.54 Å². The van der Waals surface area contributed by atoms with Crippen molar-refractivity contribution >= 4 is 5.97 Å². The monoisotopic (exact) mass is 236 g/mol. The van der Waals surface area contributed by atoms with Crippen molar-refractivity contribution in [1.82, 2.24) is 10.3 Å². The Morgan fingerprint density at radius 2 is 2.41 bits per heavy atom. The van der Waals surface area contributed by atoms with Crippen molar-refractivity contribution in [3.05, 3.63) is 29.8 Å². The molecule has 1 aromatic rings. The zero-order valence-corrected chi connectivity index (χ0v) is 9.40. The Labute approximate surface area is 98.9 Å². The number of terminal acetylenes is 1. The van der Waals surface area contributed by atoms with Crippen molar-refractivity contribution in [1.29, 1.82) is 0 Å². The van der Waals surface area contributed by atoms with Crippen LogP contribution >= 0.6 is 0 Å². The summed E-state index contributed by atoms with van der Waals surface area (Å²) in [7, 11) is 0. The molecule has 0 fully saturated rings. The third kappa shape index (κ3) is 2.60. The standard InChI is InChI=1S/C12H13FN2O2/c1-3-7-15-12(4-2,11(16)17)10-6-5-9(13)8-14-10/h1,5-6,8,15H,4,7H2,2H3,(H,16,17). The molecule has 0 radical (unpaired) electrons. The number of halogens is 1. The van der Waals surface area contributed by atoms with Crippen molar-refractivity contribution in [3.63, 3.8) is 0 Å². The van der Waals surface area contributed by atoms with Crippen LogP contribution in [0.5, 0.6) is 0 Å². The molecular formula is C12H13FN2O2. The molecule has 0 aromatic carbocycles. The van der Waals surface area contributed by atoms with E-state index in [1.807, 2.05) is 0 Å². The largest absolute Gasteiger partial charge is 0.480 e. The predicted molar refractivity (Wildman–Crippen MR) is 60.6 cm³/mol. The summed E-state index contributed by atoms with van der Waals surface area (Å²) in [6.07, 6.45) is 6.35. The first kappa shape index (κ1) is 13.1. The average Bonchev–Trinajstić information content (AvgIpc) is 2.32. The third-order valence-corrected chi connectivity index (χ3v) is 2.55. The van der Waals surface area contributed by atoms with Crippen molar-refractivity contribution in [2.45, 2.75) is 18.9 Å². The number of hydrogen-bond donors (Lipinski definition) is 2. The van der Waals surface area contributed by atoms with Gasteiger partial charge < -0.3 is 5.11 Å². The normalized spacial score (nSPS) is 13.7. The summed E-state index contributed by atoms with van der Waals surface area (Å²) in [5, 5.41) is 12.1. The minimum Gasteiger partial charge on any atom is -0.480 e. The van der Waals surface area contributed by atoms with E-state index < -0.39 is 17.3 Å². The number of nitrogens with zero attached hydrogens (tertiary/aromatic N) is 1. The van der Waals surface area contributed by atoms with Crippen molar-refractivity contribution < 1.29 is 14.3 Å². The van der Waals surface area contributed by atoms with Gasteiger partial charge >= 0.3 is 5.97 Å². The molecule has 0 spiro atoms. The lowest BCUT2D eigenvalue weighted by atomic mass is 9.91. The van der Waals surface area contributed by atoms with Crippen LogP contribution in [0.2, 0.25) is 0 Å². The van der Waals surface area contributed by atoms with Crippen LogP contribution in [-0.4, -0.2) is 22.6 Å². The first-order valence-electron chi connectivity index (χ1n) is 5.10. The highest BCUT2D eigenvalue weighted by molar-refractivity contribution is 5.80. The van der Waals surface area contributed by atoms with Gasteiger partial charge in [-0.2, -0.15) is 0 Å². The molecule has 0 bridgehead atoms. The fourth-order valence-corrected chi connectivity index (χ4v) is 1.56. The van der Waals surface area contributed by atoms with Crippen molar-refractivity contribution in [3.8, 4) is 12.3 Å². The van der Waals surface area contributed by atoms with E-state index in [4.69, 9.17) is 6.42 Å². The van der Waals surface area contributed by atoms with Gasteiger partial charge in [-0.1, -0.05) is 12.8 Å². The average molecular weight is 236 g/mol. The Balaban J connectivity index is 3.17. The number of pyridine rings is 1. The maximum Gasteiger partial charge on any atom is 0.330 e. The highest BCUT2D eigenvalue weighted by Gasteiger charge is 2.39. The van der Waals surface area contributed by atoms with Gasteiger partial charge in [-0.25, -0.2) is 9.18 Å². The Bertz CT molecular complexity index is 439. The van der Waals surface area contributed by atoms with E-state index in [1.165, 1.54) is 12.1 Å². The number of carboxylic acids is 1. The van der Waals surface area contributed by atoms with E-state index in [0.717, 1.165) is 6.20 Å². The number of hydrogen-bond acceptors (Lipinski definition) is 3. The van der Waals surface area contributed by atoms with E-state index in [1.54, 1.807) is 6.92 Å². The van der Waals surface area contributed by atoms with Gasteiger partial charge in [-0.15, -0.1) is 6.42 Å². The molecule has 0 amide bonds. The molecule has 1 aromatic heterocycles. The Morgan fingerprint density at radius 1 is 1.71 bits per heavy atom. The quantitative estimate of drug-likeness (QED) is 0.752. The van der Waals surface area contributed by atoms with Gasteiger partial charge in [0.05, 0.1) is 18.4 Å². The van der Waals surface area contributed by atoms with Crippen LogP contribution < -0.4 is 5.32 Å². The lowest BCUT2D eigenvalue weighted by molar-refractivity contribution is -0.145. The third-order valence-electron chi connectivity index (χ3n) is 2.55. The van der Waals surface area contributed by atoms with Gasteiger partial charge in [0.1, 0.15) is 5.82 Å². The highest BCUT2D eigenvalue weighted by Crippen LogP contribution is 2.23. The van der Waals surface area contributed by atoms with E-state index in [-0.39, 0.29) is 18.7 Å². The lowest BCUT2D eigenvalue weighted by Crippen LogP contribution is -2.49. The molecule has 4 nitrogen and oxygen atoms in total. The number of aliphatic carboxylic acids is 1. The Morgan fingerprint density at radius 3 is 2.82 bits per heavy atom. The van der Waals surface area contributed by atoms with Gasteiger partial charge in [0.25, 0.3) is 0 Å². The number of carboxylic acid groups (broad SMARTS) is 1. The molecule has 0 aliphatic rings. The topological polar surface area (TPSA) is 62.2 Å². The molecule has 0 aliphatic carbocycles. The summed E-state index contributed by atoms with van der Waals surface area (Å²) in [4.78, 5) is 15.2. The van der Waals surface area contributed by atoms with Crippen LogP contribution in [0.3, 0.4) is 0 Å². The van der Waals surface area contributed by atoms with Gasteiger partial charge in [0, 0.05) is 0 Å². The summed E-state index contributed by atoms with van der Waals surface area (Å²) in [5.41, 5.74) is -1.13. The molecule has 1 atom stereocenters. The molecule has 0 saturated heterocycles. The zero-order chi connectivity index (χ0) is 12.9. The second-order valence-corrected chi connectivity index (χ2v) is 3.48. The molecule has 2 N–H and O–H groups in total. The molecule has 5 heteroatoms. The van der Waals surface area contributed by atoms with Crippen LogP contribution in [0, 0.1) is 18.2 Å². The van der Waals surface area contributed by atoms with E-state index in [2.05, 4.69) is 16.2 Å². The Kier molecular flexibility index (Phi) is 4.18. The van der Waals surface area contributed by atoms with Crippen molar-refractivity contribution in [2.24, 2.45) is 0 Å². The summed E-state index contributed by atoms with van der Waals surface area (Å²) in [6, 6.07) is 2.52. The molecule has 1 heterocycles. The van der Waals surface area contributed by atoms with E-state index in [0.29, 0.717) is 0 Å². The fourth-order valence-electron chi connectivity index (χ4n) is 1.56. The van der Waals surface area contributed by atoms with Crippen LogP contribution in [-0.2, 0) is 10.3 Å². The number of carbonyl (C=O) groups is 1. The minimum absolute atomic E-state index is 0.0964. The second kappa shape index (κ2) is 5.41. The minimum atomic E-state index is -1.37. The Hall–Kier alpha value is -1.93. The number of rotatable bonds is 5. The second-order valence-electron chi connectivity index (χ2n) is 3.48. The van der Waals surface area contributed by atoms with Crippen LogP contribution in [0.4, 0.5) is 4.39 Å². The molecule has 1 rings (SSSR count). The number of aromatic nitrogens is 1. The fraction of sp³-hybridized carbons (Fsp3) is 0.333. The number of nitrogens with one attached hydrogen (secondary N) is 1. The molecule has 17 heavy (non-hydrogen) atoms. The maximum atomic E-state index is 12.8. The SMILES string of the molecule is C#CCNC(CC)(C(=O)O)c1ccc(F)cn1. The zero-order valence-electron chi connectivity index (χ0n) is 9.40. The smallest absolute Gasteiger partial charge is 0.330 e. The summed E-state index contributed by atoms with van der Waals surface area (Å²) in [6.45, 7) is 1.79. The van der Waals surface area contributed by atoms with Crippen LogP contribution in [0.25, 0.3) is 0 Å². The van der Waals surface area contributed by atoms with Gasteiger partial charge in [-0.3, -0.25) is 10.3 Å². The van der Waals surface area contributed by atoms with Gasteiger partial charge in [0.2, 0.25) is 0 Å². The van der Waals surface area contributed by atoms with E-state index >= 15 is 0 Å². The predicted octanol–water partition coefficient (Wildman–Crippen LogP) is 1.13. The first-order valence-corrected chi connectivity index (χ1v) is 5.10. The molecule has 1 unspecified atom stereocenters. The summed E-state index contributed by atoms with van der Waals surface area (Å²) < 4.78 is 12.8. The first-order chi connectivity index (χ1) is 8.06. The lowest BCUT2D eigenvalue weighted by Gasteiger charge is -2.28. The summed E-state index contributed by atoms with van der Waals surface area (Å²) >= 11 is 0. The molecule has 0 saturated carbocycles.